The molecular weight excluding hydrogens is 304 g/mol. The van der Waals surface area contributed by atoms with E-state index in [1.54, 1.807) is 10.9 Å². The lowest BCUT2D eigenvalue weighted by Gasteiger charge is -2.25. The van der Waals surface area contributed by atoms with Crippen molar-refractivity contribution in [3.63, 3.8) is 0 Å². The fourth-order valence-corrected chi connectivity index (χ4v) is 2.57. The summed E-state index contributed by atoms with van der Waals surface area (Å²) in [6.07, 6.45) is 1.62. The Kier molecular flexibility index (Phi) is 5.92. The summed E-state index contributed by atoms with van der Waals surface area (Å²) < 4.78 is 1.79. The summed E-state index contributed by atoms with van der Waals surface area (Å²) >= 11 is 0. The zero-order valence-corrected chi connectivity index (χ0v) is 14.9. The van der Waals surface area contributed by atoms with Crippen LogP contribution in [0.25, 0.3) is 0 Å². The Balaban J connectivity index is 1.93. The lowest BCUT2D eigenvalue weighted by Crippen LogP contribution is -2.41. The average Bonchev–Trinajstić information content (AvgIpc) is 2.95. The van der Waals surface area contributed by atoms with Crippen LogP contribution < -0.4 is 10.6 Å². The average molecular weight is 330 g/mol. The number of carbonyl (C=O) groups is 1. The van der Waals surface area contributed by atoms with Crippen LogP contribution in [0.4, 0.5) is 4.79 Å². The highest BCUT2D eigenvalue weighted by Crippen LogP contribution is 2.18. The highest BCUT2D eigenvalue weighted by molar-refractivity contribution is 5.74. The summed E-state index contributed by atoms with van der Waals surface area (Å²) in [6, 6.07) is 8.05. The molecule has 2 atom stereocenters. The minimum atomic E-state index is -0.218. The van der Waals surface area contributed by atoms with Gasteiger partial charge in [0.15, 0.2) is 5.82 Å². The maximum absolute atomic E-state index is 12.2. The molecule has 2 N–H and O–H groups in total. The van der Waals surface area contributed by atoms with Gasteiger partial charge in [-0.25, -0.2) is 4.79 Å². The quantitative estimate of drug-likeness (QED) is 0.847. The van der Waals surface area contributed by atoms with E-state index in [0.717, 1.165) is 0 Å². The summed E-state index contributed by atoms with van der Waals surface area (Å²) in [7, 11) is 5.86. The summed E-state index contributed by atoms with van der Waals surface area (Å²) in [5.41, 5.74) is 2.40. The number of likely N-dealkylation sites (N-methyl/N-ethyl adjacent to an activating group) is 1. The SMILES string of the molecule is Cc1ccc(C(CNC(=O)NC(C)c2nncn2C)N(C)C)cc1. The van der Waals surface area contributed by atoms with Crippen molar-refractivity contribution < 1.29 is 4.79 Å². The van der Waals surface area contributed by atoms with E-state index in [-0.39, 0.29) is 18.1 Å². The molecule has 24 heavy (non-hydrogen) atoms. The Morgan fingerprint density at radius 3 is 2.50 bits per heavy atom. The number of rotatable bonds is 6. The van der Waals surface area contributed by atoms with E-state index in [2.05, 4.69) is 56.9 Å². The second-order valence-electron chi connectivity index (χ2n) is 6.27. The molecule has 0 bridgehead atoms. The fraction of sp³-hybridized carbons (Fsp3) is 0.471. The van der Waals surface area contributed by atoms with Gasteiger partial charge in [0, 0.05) is 13.6 Å². The minimum Gasteiger partial charge on any atom is -0.336 e. The van der Waals surface area contributed by atoms with Gasteiger partial charge in [0.25, 0.3) is 0 Å². The first-order chi connectivity index (χ1) is 11.4. The van der Waals surface area contributed by atoms with Crippen LogP contribution >= 0.6 is 0 Å². The lowest BCUT2D eigenvalue weighted by molar-refractivity contribution is 0.229. The lowest BCUT2D eigenvalue weighted by atomic mass is 10.0. The van der Waals surface area contributed by atoms with Crippen LogP contribution in [0.3, 0.4) is 0 Å². The number of aromatic nitrogens is 3. The topological polar surface area (TPSA) is 75.1 Å². The molecule has 0 radical (unpaired) electrons. The number of carbonyl (C=O) groups excluding carboxylic acids is 1. The van der Waals surface area contributed by atoms with Gasteiger partial charge in [-0.1, -0.05) is 29.8 Å². The van der Waals surface area contributed by atoms with E-state index >= 15 is 0 Å². The Morgan fingerprint density at radius 1 is 1.29 bits per heavy atom. The van der Waals surface area contributed by atoms with Crippen molar-refractivity contribution in [3.8, 4) is 0 Å². The van der Waals surface area contributed by atoms with Gasteiger partial charge in [-0.3, -0.25) is 0 Å². The van der Waals surface area contributed by atoms with E-state index in [9.17, 15) is 4.79 Å². The maximum atomic E-state index is 12.2. The zero-order chi connectivity index (χ0) is 17.7. The molecule has 7 heteroatoms. The van der Waals surface area contributed by atoms with Crippen LogP contribution in [0.1, 0.15) is 36.0 Å². The summed E-state index contributed by atoms with van der Waals surface area (Å²) in [5.74, 6) is 0.716. The smallest absolute Gasteiger partial charge is 0.315 e. The number of urea groups is 1. The van der Waals surface area contributed by atoms with Gasteiger partial charge in [-0.2, -0.15) is 0 Å². The number of amides is 2. The molecule has 1 aromatic heterocycles. The Hall–Kier alpha value is -2.41. The fourth-order valence-electron chi connectivity index (χ4n) is 2.57. The molecule has 1 aromatic carbocycles. The molecule has 0 saturated heterocycles. The Labute approximate surface area is 143 Å². The van der Waals surface area contributed by atoms with Gasteiger partial charge in [-0.15, -0.1) is 10.2 Å². The normalized spacial score (nSPS) is 13.6. The van der Waals surface area contributed by atoms with Gasteiger partial charge in [0.1, 0.15) is 6.33 Å². The standard InChI is InChI=1S/C17H26N6O/c1-12-6-8-14(9-7-12)15(22(3)4)10-18-17(24)20-13(2)16-21-19-11-23(16)5/h6-9,11,13,15H,10H2,1-5H3,(H2,18,20,24). The van der Waals surface area contributed by atoms with Crippen molar-refractivity contribution >= 4 is 6.03 Å². The molecule has 2 rings (SSSR count). The number of nitrogens with zero attached hydrogens (tertiary/aromatic N) is 4. The van der Waals surface area contributed by atoms with E-state index in [0.29, 0.717) is 12.4 Å². The number of nitrogens with one attached hydrogen (secondary N) is 2. The van der Waals surface area contributed by atoms with Crippen LogP contribution in [-0.4, -0.2) is 46.3 Å². The van der Waals surface area contributed by atoms with E-state index in [1.807, 2.05) is 28.1 Å². The third-order valence-electron chi connectivity index (χ3n) is 4.02. The molecular formula is C17H26N6O. The summed E-state index contributed by atoms with van der Waals surface area (Å²) in [4.78, 5) is 14.3. The zero-order valence-electron chi connectivity index (χ0n) is 14.9. The molecule has 2 unspecified atom stereocenters. The van der Waals surface area contributed by atoms with Gasteiger partial charge in [-0.05, 0) is 33.5 Å². The molecule has 2 amide bonds. The molecule has 0 spiro atoms. The van der Waals surface area contributed by atoms with Gasteiger partial charge in [0.05, 0.1) is 12.1 Å². The molecule has 2 aromatic rings. The summed E-state index contributed by atoms with van der Waals surface area (Å²) in [6.45, 7) is 4.47. The predicted octanol–water partition coefficient (Wildman–Crippen LogP) is 1.79. The van der Waals surface area contributed by atoms with Crippen LogP contribution in [0.5, 0.6) is 0 Å². The van der Waals surface area contributed by atoms with Gasteiger partial charge >= 0.3 is 6.03 Å². The number of aryl methyl sites for hydroxylation is 2. The molecule has 1 heterocycles. The molecule has 0 aliphatic heterocycles. The largest absolute Gasteiger partial charge is 0.336 e. The third kappa shape index (κ3) is 4.55. The van der Waals surface area contributed by atoms with Crippen molar-refractivity contribution in [1.29, 1.82) is 0 Å². The first kappa shape index (κ1) is 17.9. The first-order valence-corrected chi connectivity index (χ1v) is 7.99. The third-order valence-corrected chi connectivity index (χ3v) is 4.02. The maximum Gasteiger partial charge on any atom is 0.315 e. The highest BCUT2D eigenvalue weighted by Gasteiger charge is 2.17. The number of hydrogen-bond donors (Lipinski definition) is 2. The van der Waals surface area contributed by atoms with E-state index in [1.165, 1.54) is 11.1 Å². The second-order valence-corrected chi connectivity index (χ2v) is 6.27. The number of hydrogen-bond acceptors (Lipinski definition) is 4. The monoisotopic (exact) mass is 330 g/mol. The summed E-state index contributed by atoms with van der Waals surface area (Å²) in [5, 5.41) is 13.7. The van der Waals surface area contributed by atoms with Gasteiger partial charge < -0.3 is 20.1 Å². The van der Waals surface area contributed by atoms with E-state index in [4.69, 9.17) is 0 Å². The van der Waals surface area contributed by atoms with Crippen molar-refractivity contribution in [3.05, 3.63) is 47.5 Å². The molecule has 130 valence electrons. The Bertz CT molecular complexity index is 664. The van der Waals surface area contributed by atoms with E-state index < -0.39 is 0 Å². The molecule has 0 aliphatic rings. The Morgan fingerprint density at radius 2 is 1.96 bits per heavy atom. The molecule has 0 fully saturated rings. The molecule has 7 nitrogen and oxygen atoms in total. The number of benzene rings is 1. The molecule has 0 aliphatic carbocycles. The highest BCUT2D eigenvalue weighted by atomic mass is 16.2. The van der Waals surface area contributed by atoms with Crippen molar-refractivity contribution in [2.75, 3.05) is 20.6 Å². The first-order valence-electron chi connectivity index (χ1n) is 7.99. The van der Waals surface area contributed by atoms with Gasteiger partial charge in [0.2, 0.25) is 0 Å². The van der Waals surface area contributed by atoms with Crippen LogP contribution in [0.2, 0.25) is 0 Å². The van der Waals surface area contributed by atoms with Crippen molar-refractivity contribution in [2.24, 2.45) is 7.05 Å². The van der Waals surface area contributed by atoms with Crippen molar-refractivity contribution in [1.82, 2.24) is 30.3 Å². The minimum absolute atomic E-state index is 0.112. The van der Waals surface area contributed by atoms with Crippen LogP contribution in [-0.2, 0) is 7.05 Å². The van der Waals surface area contributed by atoms with Crippen molar-refractivity contribution in [2.45, 2.75) is 25.9 Å². The predicted molar refractivity (Wildman–Crippen MR) is 93.6 cm³/mol. The van der Waals surface area contributed by atoms with Crippen LogP contribution in [0.15, 0.2) is 30.6 Å². The second kappa shape index (κ2) is 7.92. The molecule has 0 saturated carbocycles. The van der Waals surface area contributed by atoms with Crippen LogP contribution in [0, 0.1) is 6.92 Å².